The van der Waals surface area contributed by atoms with E-state index in [0.717, 1.165) is 54.3 Å². The lowest BCUT2D eigenvalue weighted by Crippen LogP contribution is -2.39. The molecule has 1 aromatic rings. The highest BCUT2D eigenvalue weighted by Gasteiger charge is 2.40. The maximum Gasteiger partial charge on any atom is 0.175 e. The Balaban J connectivity index is 1.51. The smallest absolute Gasteiger partial charge is 0.175 e. The molecule has 0 N–H and O–H groups in total. The lowest BCUT2D eigenvalue weighted by molar-refractivity contribution is -0.00631. The third-order valence-electron chi connectivity index (χ3n) is 4.18. The van der Waals surface area contributed by atoms with Crippen LogP contribution in [0.2, 0.25) is 0 Å². The van der Waals surface area contributed by atoms with Gasteiger partial charge in [0.2, 0.25) is 0 Å². The molecule has 2 fully saturated rings. The highest BCUT2D eigenvalue weighted by atomic mass is 127. The van der Waals surface area contributed by atoms with Crippen molar-refractivity contribution in [2.24, 2.45) is 0 Å². The summed E-state index contributed by atoms with van der Waals surface area (Å²) in [6, 6.07) is 2.38. The van der Waals surface area contributed by atoms with Crippen molar-refractivity contribution in [2.75, 3.05) is 31.3 Å². The Kier molecular flexibility index (Phi) is 3.47. The maximum absolute atomic E-state index is 6.16. The van der Waals surface area contributed by atoms with Crippen molar-refractivity contribution in [3.05, 3.63) is 15.8 Å². The molecule has 2 saturated heterocycles. The number of ether oxygens (including phenoxy) is 3. The van der Waals surface area contributed by atoms with Gasteiger partial charge in [-0.2, -0.15) is 0 Å². The van der Waals surface area contributed by atoms with Gasteiger partial charge in [0.15, 0.2) is 11.6 Å². The van der Waals surface area contributed by atoms with Gasteiger partial charge in [-0.1, -0.05) is 0 Å². The zero-order chi connectivity index (χ0) is 13.5. The monoisotopic (exact) mass is 388 g/mol. The minimum atomic E-state index is 0.265. The van der Waals surface area contributed by atoms with E-state index in [4.69, 9.17) is 14.2 Å². The first-order chi connectivity index (χ1) is 9.81. The molecule has 0 saturated carbocycles. The molecule has 3 aliphatic rings. The molecule has 20 heavy (non-hydrogen) atoms. The Morgan fingerprint density at radius 1 is 1.35 bits per heavy atom. The summed E-state index contributed by atoms with van der Waals surface area (Å²) >= 11 is 2.30. The van der Waals surface area contributed by atoms with Crippen molar-refractivity contribution in [3.63, 3.8) is 0 Å². The summed E-state index contributed by atoms with van der Waals surface area (Å²) in [4.78, 5) is 6.85. The van der Waals surface area contributed by atoms with Crippen molar-refractivity contribution in [2.45, 2.75) is 31.1 Å². The molecule has 0 aliphatic carbocycles. The van der Waals surface area contributed by atoms with Gasteiger partial charge in [-0.3, -0.25) is 0 Å². The number of nitrogens with zero attached hydrogens (tertiary/aromatic N) is 2. The molecule has 108 valence electrons. The molecule has 0 aromatic carbocycles. The molecular weight excluding hydrogens is 371 g/mol. The molecule has 3 atom stereocenters. The summed E-state index contributed by atoms with van der Waals surface area (Å²) in [5.41, 5.74) is 0. The number of anilines is 1. The van der Waals surface area contributed by atoms with Gasteiger partial charge in [0, 0.05) is 19.3 Å². The fraction of sp³-hybridized carbons (Fsp3) is 0.643. The lowest BCUT2D eigenvalue weighted by Gasteiger charge is -2.32. The van der Waals surface area contributed by atoms with Gasteiger partial charge in [0.1, 0.15) is 6.61 Å². The number of aromatic nitrogens is 1. The third-order valence-corrected chi connectivity index (χ3v) is 5.03. The predicted octanol–water partition coefficient (Wildman–Crippen LogP) is 1.83. The fourth-order valence-corrected chi connectivity index (χ4v) is 3.77. The van der Waals surface area contributed by atoms with Gasteiger partial charge in [0.25, 0.3) is 0 Å². The number of halogens is 1. The molecule has 0 bridgehead atoms. The van der Waals surface area contributed by atoms with Crippen LogP contribution in [0, 0.1) is 3.57 Å². The van der Waals surface area contributed by atoms with Crippen LogP contribution in [0.15, 0.2) is 12.3 Å². The summed E-state index contributed by atoms with van der Waals surface area (Å²) in [5.74, 6) is 1.90. The highest BCUT2D eigenvalue weighted by molar-refractivity contribution is 14.1. The number of hydrogen-bond acceptors (Lipinski definition) is 5. The van der Waals surface area contributed by atoms with Crippen LogP contribution in [0.25, 0.3) is 0 Å². The van der Waals surface area contributed by atoms with Gasteiger partial charge in [-0.05, 0) is 41.5 Å². The van der Waals surface area contributed by atoms with Crippen LogP contribution < -0.4 is 9.64 Å². The number of rotatable bonds is 2. The van der Waals surface area contributed by atoms with Crippen molar-refractivity contribution in [1.82, 2.24) is 4.98 Å². The number of hydrogen-bond donors (Lipinski definition) is 0. The Labute approximate surface area is 131 Å². The zero-order valence-electron chi connectivity index (χ0n) is 11.1. The molecule has 4 rings (SSSR count). The van der Waals surface area contributed by atoms with E-state index in [-0.39, 0.29) is 12.2 Å². The third kappa shape index (κ3) is 2.27. The minimum absolute atomic E-state index is 0.265. The van der Waals surface area contributed by atoms with Crippen LogP contribution >= 0.6 is 22.6 Å². The Morgan fingerprint density at radius 3 is 3.15 bits per heavy atom. The second-order valence-electron chi connectivity index (χ2n) is 5.54. The molecule has 0 spiro atoms. The molecule has 5 nitrogen and oxygen atoms in total. The van der Waals surface area contributed by atoms with Gasteiger partial charge in [-0.25, -0.2) is 4.98 Å². The molecule has 1 aromatic heterocycles. The average molecular weight is 388 g/mol. The fourth-order valence-electron chi connectivity index (χ4n) is 3.21. The minimum Gasteiger partial charge on any atom is -0.486 e. The second-order valence-corrected chi connectivity index (χ2v) is 6.70. The van der Waals surface area contributed by atoms with Gasteiger partial charge >= 0.3 is 0 Å². The summed E-state index contributed by atoms with van der Waals surface area (Å²) in [6.07, 6.45) is 4.42. The van der Waals surface area contributed by atoms with E-state index in [1.54, 1.807) is 0 Å². The SMILES string of the molecule is Ic1ccnc2c1OC[C@@H]1C[C@H](O[C@H]3CCOC3)CN21. The normalized spacial score (nSPS) is 31.9. The van der Waals surface area contributed by atoms with Gasteiger partial charge in [0.05, 0.1) is 28.4 Å². The van der Waals surface area contributed by atoms with Gasteiger partial charge < -0.3 is 19.1 Å². The molecule has 6 heteroatoms. The van der Waals surface area contributed by atoms with Gasteiger partial charge in [-0.15, -0.1) is 0 Å². The Bertz CT molecular complexity index is 507. The topological polar surface area (TPSA) is 43.8 Å². The predicted molar refractivity (Wildman–Crippen MR) is 82.3 cm³/mol. The van der Waals surface area contributed by atoms with E-state index in [1.807, 2.05) is 12.3 Å². The summed E-state index contributed by atoms with van der Waals surface area (Å²) in [6.45, 7) is 3.21. The number of fused-ring (bicyclic) bond motifs is 3. The van der Waals surface area contributed by atoms with E-state index in [0.29, 0.717) is 6.04 Å². The zero-order valence-corrected chi connectivity index (χ0v) is 13.3. The van der Waals surface area contributed by atoms with Crippen LogP contribution in [-0.4, -0.2) is 49.6 Å². The summed E-state index contributed by atoms with van der Waals surface area (Å²) in [7, 11) is 0. The molecule has 4 heterocycles. The first-order valence-corrected chi connectivity index (χ1v) is 8.16. The van der Waals surface area contributed by atoms with Crippen LogP contribution in [0.5, 0.6) is 5.75 Å². The van der Waals surface area contributed by atoms with Crippen molar-refractivity contribution in [3.8, 4) is 5.75 Å². The standard InChI is InChI=1S/C14H17IN2O3/c15-12-1-3-16-14-13(12)19-7-9-5-11(6-17(9)14)20-10-2-4-18-8-10/h1,3,9-11H,2,4-8H2/t9-,10-,11-/m0/s1. The van der Waals surface area contributed by atoms with Crippen LogP contribution in [0.1, 0.15) is 12.8 Å². The largest absolute Gasteiger partial charge is 0.486 e. The van der Waals surface area contributed by atoms with E-state index >= 15 is 0 Å². The van der Waals surface area contributed by atoms with Crippen molar-refractivity contribution < 1.29 is 14.2 Å². The van der Waals surface area contributed by atoms with E-state index < -0.39 is 0 Å². The van der Waals surface area contributed by atoms with E-state index in [2.05, 4.69) is 32.5 Å². The second kappa shape index (κ2) is 5.31. The van der Waals surface area contributed by atoms with E-state index in [9.17, 15) is 0 Å². The molecule has 0 unspecified atom stereocenters. The van der Waals surface area contributed by atoms with E-state index in [1.165, 1.54) is 0 Å². The average Bonchev–Trinajstić information content (AvgIpc) is 3.08. The Hall–Kier alpha value is -0.600. The summed E-state index contributed by atoms with van der Waals surface area (Å²) < 4.78 is 18.6. The number of pyridine rings is 1. The highest BCUT2D eigenvalue weighted by Crippen LogP contribution is 2.39. The molecule has 0 radical (unpaired) electrons. The van der Waals surface area contributed by atoms with Crippen molar-refractivity contribution in [1.29, 1.82) is 0 Å². The molecular formula is C14H17IN2O3. The summed E-state index contributed by atoms with van der Waals surface area (Å²) in [5, 5.41) is 0. The van der Waals surface area contributed by atoms with Crippen LogP contribution in [0.3, 0.4) is 0 Å². The maximum atomic E-state index is 6.16. The first kappa shape index (κ1) is 13.1. The first-order valence-electron chi connectivity index (χ1n) is 7.08. The molecule has 0 amide bonds. The molecule has 3 aliphatic heterocycles. The lowest BCUT2D eigenvalue weighted by atomic mass is 10.2. The van der Waals surface area contributed by atoms with Crippen molar-refractivity contribution >= 4 is 28.4 Å². The van der Waals surface area contributed by atoms with Crippen LogP contribution in [-0.2, 0) is 9.47 Å². The Morgan fingerprint density at radius 2 is 2.30 bits per heavy atom. The quantitative estimate of drug-likeness (QED) is 0.724. The van der Waals surface area contributed by atoms with Crippen LogP contribution in [0.4, 0.5) is 5.82 Å².